The third kappa shape index (κ3) is 27.8. The number of ether oxygens (including phenoxy) is 11. The average Bonchev–Trinajstić information content (AvgIpc) is 3.55. The lowest BCUT2D eigenvalue weighted by atomic mass is 10.1. The summed E-state index contributed by atoms with van der Waals surface area (Å²) in [5.74, 6) is -1.09. The Labute approximate surface area is 420 Å². The second-order valence-corrected chi connectivity index (χ2v) is 16.6. The van der Waals surface area contributed by atoms with Crippen LogP contribution in [0.25, 0.3) is 6.08 Å². The van der Waals surface area contributed by atoms with Crippen molar-refractivity contribution in [2.24, 2.45) is 10.7 Å². The standard InChI is InChI=1S/C46H72N6O19S/c1-3-10-52(45(55)39-33-38-4-5-40(72(57,58)59)35-41(38)50-42(47)34-39)71-12-9-49-46(56)70-32-31-69-30-29-68-28-27-67-26-25-66-24-23-65-22-21-64-20-19-63-18-17-62-16-15-61-14-13-60-11-8-48-37(2)36-51-43(53)6-7-44(51)54/h4-7,33,35,48H,2-3,8-32,34,36H2,1H3,(H2,47,50)(H,49,56)(H,57,58,59). The minimum atomic E-state index is -4.46. The zero-order chi connectivity index (χ0) is 52.1. The van der Waals surface area contributed by atoms with Gasteiger partial charge in [-0.25, -0.2) is 14.9 Å². The molecule has 406 valence electrons. The molecule has 0 fully saturated rings. The maximum atomic E-state index is 13.4. The van der Waals surface area contributed by atoms with E-state index >= 15 is 0 Å². The number of benzene rings is 1. The van der Waals surface area contributed by atoms with Crippen LogP contribution < -0.4 is 16.4 Å². The van der Waals surface area contributed by atoms with Crippen LogP contribution in [0.4, 0.5) is 10.5 Å². The molecule has 0 bridgehead atoms. The monoisotopic (exact) mass is 1040 g/mol. The van der Waals surface area contributed by atoms with Crippen LogP contribution in [0.2, 0.25) is 0 Å². The maximum absolute atomic E-state index is 13.4. The molecule has 0 spiro atoms. The molecule has 1 aromatic carbocycles. The number of amidine groups is 1. The van der Waals surface area contributed by atoms with E-state index in [1.165, 1.54) is 36.4 Å². The van der Waals surface area contributed by atoms with Gasteiger partial charge >= 0.3 is 6.09 Å². The number of nitrogens with two attached hydrogens (primary N) is 1. The van der Waals surface area contributed by atoms with Gasteiger partial charge in [-0.2, -0.15) is 8.42 Å². The van der Waals surface area contributed by atoms with Gasteiger partial charge in [0.05, 0.1) is 156 Å². The lowest BCUT2D eigenvalue weighted by Crippen LogP contribution is -2.37. The van der Waals surface area contributed by atoms with Gasteiger partial charge in [0.2, 0.25) is 0 Å². The number of hydrogen-bond acceptors (Lipinski definition) is 21. The van der Waals surface area contributed by atoms with Crippen molar-refractivity contribution in [3.05, 3.63) is 53.8 Å². The van der Waals surface area contributed by atoms with E-state index in [1.807, 2.05) is 6.92 Å². The van der Waals surface area contributed by atoms with Gasteiger partial charge in [0.1, 0.15) is 12.4 Å². The molecule has 2 aliphatic heterocycles. The predicted octanol–water partition coefficient (Wildman–Crippen LogP) is 0.800. The first kappa shape index (κ1) is 61.4. The molecule has 26 heteroatoms. The molecule has 25 nitrogen and oxygen atoms in total. The van der Waals surface area contributed by atoms with Crippen LogP contribution in [0.3, 0.4) is 0 Å². The Kier molecular flexibility index (Phi) is 32.2. The Balaban J connectivity index is 0.991. The highest BCUT2D eigenvalue weighted by Crippen LogP contribution is 2.29. The number of fused-ring (bicyclic) bond motifs is 1. The molecule has 2 heterocycles. The van der Waals surface area contributed by atoms with Crippen molar-refractivity contribution in [1.82, 2.24) is 20.6 Å². The summed E-state index contributed by atoms with van der Waals surface area (Å²) in [4.78, 5) is 59.2. The van der Waals surface area contributed by atoms with Gasteiger partial charge in [-0.05, 0) is 24.6 Å². The molecule has 0 unspecified atom stereocenters. The number of nitrogens with one attached hydrogen (secondary N) is 2. The third-order valence-corrected chi connectivity index (χ3v) is 10.3. The van der Waals surface area contributed by atoms with E-state index in [0.717, 1.165) is 9.96 Å². The zero-order valence-corrected chi connectivity index (χ0v) is 41.9. The summed E-state index contributed by atoms with van der Waals surface area (Å²) in [5.41, 5.74) is 7.45. The first-order chi connectivity index (χ1) is 34.9. The molecule has 0 aliphatic carbocycles. The average molecular weight is 1050 g/mol. The first-order valence-corrected chi connectivity index (χ1v) is 25.1. The van der Waals surface area contributed by atoms with Crippen LogP contribution >= 0.6 is 0 Å². The van der Waals surface area contributed by atoms with Gasteiger partial charge in [0.15, 0.2) is 0 Å². The van der Waals surface area contributed by atoms with Crippen LogP contribution in [-0.4, -0.2) is 224 Å². The minimum Gasteiger partial charge on any atom is -0.447 e. The van der Waals surface area contributed by atoms with E-state index < -0.39 is 22.1 Å². The number of carbonyl (C=O) groups is 4. The van der Waals surface area contributed by atoms with Gasteiger partial charge in [-0.3, -0.25) is 28.7 Å². The molecular formula is C46H72N6O19S. The smallest absolute Gasteiger partial charge is 0.407 e. The molecule has 72 heavy (non-hydrogen) atoms. The molecule has 5 N–H and O–H groups in total. The number of amides is 4. The molecule has 0 atom stereocenters. The van der Waals surface area contributed by atoms with Gasteiger partial charge in [0, 0.05) is 55.0 Å². The molecule has 1 aromatic rings. The molecule has 0 radical (unpaired) electrons. The summed E-state index contributed by atoms with van der Waals surface area (Å²) in [6.07, 6.45) is 3.90. The van der Waals surface area contributed by atoms with Gasteiger partial charge in [-0.15, -0.1) is 0 Å². The topological polar surface area (TPSA) is 302 Å². The van der Waals surface area contributed by atoms with Gasteiger partial charge in [-0.1, -0.05) is 19.6 Å². The summed E-state index contributed by atoms with van der Waals surface area (Å²) < 4.78 is 92.3. The van der Waals surface area contributed by atoms with Crippen molar-refractivity contribution in [3.63, 3.8) is 0 Å². The van der Waals surface area contributed by atoms with E-state index in [9.17, 15) is 32.1 Å². The van der Waals surface area contributed by atoms with Crippen molar-refractivity contribution in [3.8, 4) is 0 Å². The first-order valence-electron chi connectivity index (χ1n) is 23.6. The van der Waals surface area contributed by atoms with Crippen LogP contribution in [0.5, 0.6) is 0 Å². The second-order valence-electron chi connectivity index (χ2n) is 15.2. The van der Waals surface area contributed by atoms with Crippen LogP contribution in [-0.2, 0) is 81.4 Å². The number of hydroxylamine groups is 2. The molecular weight excluding hydrogens is 973 g/mol. The molecule has 0 saturated heterocycles. The largest absolute Gasteiger partial charge is 0.447 e. The number of carbonyl (C=O) groups excluding carboxylic acids is 4. The van der Waals surface area contributed by atoms with E-state index in [-0.39, 0.29) is 79.7 Å². The highest BCUT2D eigenvalue weighted by Gasteiger charge is 2.25. The van der Waals surface area contributed by atoms with E-state index in [0.29, 0.717) is 150 Å². The summed E-state index contributed by atoms with van der Waals surface area (Å²) in [7, 11) is -4.46. The van der Waals surface area contributed by atoms with Gasteiger partial charge in [0.25, 0.3) is 27.8 Å². The maximum Gasteiger partial charge on any atom is 0.407 e. The number of nitrogens with zero attached hydrogens (tertiary/aromatic N) is 3. The molecule has 3 rings (SSSR count). The second kappa shape index (κ2) is 37.8. The molecule has 0 aromatic heterocycles. The Morgan fingerprint density at radius 1 is 0.694 bits per heavy atom. The third-order valence-electron chi connectivity index (χ3n) is 9.49. The summed E-state index contributed by atoms with van der Waals surface area (Å²) in [5, 5.41) is 6.74. The molecule has 4 amide bonds. The Morgan fingerprint density at radius 2 is 1.14 bits per heavy atom. The van der Waals surface area contributed by atoms with Crippen LogP contribution in [0, 0.1) is 0 Å². The number of imide groups is 1. The van der Waals surface area contributed by atoms with E-state index in [1.54, 1.807) is 0 Å². The number of rotatable bonds is 44. The highest BCUT2D eigenvalue weighted by atomic mass is 32.2. The zero-order valence-electron chi connectivity index (χ0n) is 41.1. The van der Waals surface area contributed by atoms with Crippen LogP contribution in [0.1, 0.15) is 25.3 Å². The summed E-state index contributed by atoms with van der Waals surface area (Å²) in [6, 6.07) is 3.79. The van der Waals surface area contributed by atoms with Crippen molar-refractivity contribution in [2.75, 3.05) is 172 Å². The SMILES string of the molecule is C=C(CN1C(=O)C=CC1=O)NCCOCCOCCOCCOCCOCCOCCOCCOCCOCCOCCOC(=O)NCCON(CCC)C(=O)C1=Cc2ccc(S(=O)(=O)O)cc2N=C(N)C1. The normalized spacial score (nSPS) is 13.4. The summed E-state index contributed by atoms with van der Waals surface area (Å²) in [6.45, 7) is 14.7. The highest BCUT2D eigenvalue weighted by molar-refractivity contribution is 7.85. The fourth-order valence-corrected chi connectivity index (χ4v) is 6.53. The minimum absolute atomic E-state index is 0.0169. The summed E-state index contributed by atoms with van der Waals surface area (Å²) >= 11 is 0. The fraction of sp³-hybridized carbons (Fsp3) is 0.630. The molecule has 0 saturated carbocycles. The van der Waals surface area contributed by atoms with Gasteiger partial charge < -0.3 is 68.5 Å². The molecule has 2 aliphatic rings. The fourth-order valence-electron chi connectivity index (χ4n) is 6.02. The Bertz CT molecular complexity index is 1970. The Morgan fingerprint density at radius 3 is 1.60 bits per heavy atom. The van der Waals surface area contributed by atoms with Crippen molar-refractivity contribution in [2.45, 2.75) is 24.7 Å². The van der Waals surface area contributed by atoms with E-state index in [2.05, 4.69) is 22.2 Å². The number of aliphatic imine (C=N–C) groups is 1. The van der Waals surface area contributed by atoms with E-state index in [4.69, 9.17) is 62.7 Å². The number of hydrogen-bond donors (Lipinski definition) is 4. The van der Waals surface area contributed by atoms with Crippen molar-refractivity contribution in [1.29, 1.82) is 0 Å². The van der Waals surface area contributed by atoms with Crippen molar-refractivity contribution >= 4 is 51.5 Å². The van der Waals surface area contributed by atoms with Crippen LogP contribution in [0.15, 0.2) is 58.1 Å². The lowest BCUT2D eigenvalue weighted by Gasteiger charge is -2.22. The number of alkyl carbamates (subject to hydrolysis) is 1. The lowest BCUT2D eigenvalue weighted by molar-refractivity contribution is -0.181. The Hall–Kier alpha value is -4.94. The predicted molar refractivity (Wildman–Crippen MR) is 259 cm³/mol. The quantitative estimate of drug-likeness (QED) is 0.0304. The van der Waals surface area contributed by atoms with Crippen molar-refractivity contribution < 1.29 is 89.1 Å².